The van der Waals surface area contributed by atoms with Crippen molar-refractivity contribution < 1.29 is 4.79 Å². The van der Waals surface area contributed by atoms with E-state index in [1.54, 1.807) is 6.20 Å². The quantitative estimate of drug-likeness (QED) is 0.868. The molecule has 2 fully saturated rings. The van der Waals surface area contributed by atoms with E-state index in [9.17, 15) is 4.79 Å². The van der Waals surface area contributed by atoms with Gasteiger partial charge in [0.2, 0.25) is 5.91 Å². The summed E-state index contributed by atoms with van der Waals surface area (Å²) < 4.78 is 0. The number of amides is 1. The summed E-state index contributed by atoms with van der Waals surface area (Å²) in [6.45, 7) is 2.58. The Morgan fingerprint density at radius 2 is 1.88 bits per heavy atom. The van der Waals surface area contributed by atoms with Crippen LogP contribution in [0.4, 0.5) is 5.82 Å². The van der Waals surface area contributed by atoms with E-state index in [0.29, 0.717) is 18.8 Å². The molecule has 0 spiro atoms. The number of anilines is 1. The van der Waals surface area contributed by atoms with Gasteiger partial charge in [-0.15, -0.1) is 0 Å². The van der Waals surface area contributed by atoms with Crippen LogP contribution in [0.1, 0.15) is 70.0 Å². The topological polar surface area (TPSA) is 58.1 Å². The molecule has 2 aliphatic rings. The molecule has 1 amide bonds. The third-order valence-electron chi connectivity index (χ3n) is 5.32. The van der Waals surface area contributed by atoms with E-state index in [4.69, 9.17) is 0 Å². The molecule has 24 heavy (non-hydrogen) atoms. The van der Waals surface area contributed by atoms with Crippen molar-refractivity contribution in [3.05, 3.63) is 18.1 Å². The molecule has 1 aromatic rings. The molecule has 0 radical (unpaired) electrons. The fourth-order valence-electron chi connectivity index (χ4n) is 3.85. The van der Waals surface area contributed by atoms with Gasteiger partial charge in [0.25, 0.3) is 0 Å². The summed E-state index contributed by atoms with van der Waals surface area (Å²) in [5.74, 6) is 2.59. The summed E-state index contributed by atoms with van der Waals surface area (Å²) in [6, 6.07) is 1.97. The van der Waals surface area contributed by atoms with Gasteiger partial charge in [-0.25, -0.2) is 9.97 Å². The van der Waals surface area contributed by atoms with Gasteiger partial charge in [-0.3, -0.25) is 4.79 Å². The lowest BCUT2D eigenvalue weighted by Gasteiger charge is -2.27. The second-order valence-electron chi connectivity index (χ2n) is 7.20. The van der Waals surface area contributed by atoms with Gasteiger partial charge in [0.1, 0.15) is 11.6 Å². The van der Waals surface area contributed by atoms with Gasteiger partial charge < -0.3 is 10.2 Å². The average molecular weight is 330 g/mol. The van der Waals surface area contributed by atoms with Crippen molar-refractivity contribution >= 4 is 11.7 Å². The predicted molar refractivity (Wildman–Crippen MR) is 95.8 cm³/mol. The first-order valence-electron chi connectivity index (χ1n) is 9.65. The molecule has 1 saturated carbocycles. The number of nitrogens with zero attached hydrogens (tertiary/aromatic N) is 3. The monoisotopic (exact) mass is 330 g/mol. The van der Waals surface area contributed by atoms with Crippen molar-refractivity contribution in [2.24, 2.45) is 5.92 Å². The zero-order valence-electron chi connectivity index (χ0n) is 14.7. The molecule has 1 saturated heterocycles. The smallest absolute Gasteiger partial charge is 0.220 e. The predicted octanol–water partition coefficient (Wildman–Crippen LogP) is 3.44. The number of aromatic nitrogens is 2. The molecular weight excluding hydrogens is 300 g/mol. The summed E-state index contributed by atoms with van der Waals surface area (Å²) in [5.41, 5.74) is 0. The Balaban J connectivity index is 1.42. The first kappa shape index (κ1) is 17.2. The van der Waals surface area contributed by atoms with Crippen LogP contribution in [0.15, 0.2) is 12.3 Å². The Morgan fingerprint density at radius 3 is 2.67 bits per heavy atom. The molecule has 1 aromatic heterocycles. The molecule has 5 nitrogen and oxygen atoms in total. The van der Waals surface area contributed by atoms with Gasteiger partial charge in [-0.05, 0) is 37.7 Å². The van der Waals surface area contributed by atoms with Crippen molar-refractivity contribution in [2.45, 2.75) is 70.8 Å². The maximum atomic E-state index is 12.1. The molecule has 3 rings (SSSR count). The molecule has 132 valence electrons. The van der Waals surface area contributed by atoms with Gasteiger partial charge in [0.15, 0.2) is 0 Å². The number of carbonyl (C=O) groups is 1. The van der Waals surface area contributed by atoms with Crippen molar-refractivity contribution in [1.29, 1.82) is 0 Å². The third-order valence-corrected chi connectivity index (χ3v) is 5.32. The lowest BCUT2D eigenvalue weighted by Crippen LogP contribution is -2.31. The summed E-state index contributed by atoms with van der Waals surface area (Å²) in [5, 5.41) is 2.99. The Hall–Kier alpha value is -1.65. The van der Waals surface area contributed by atoms with E-state index in [-0.39, 0.29) is 5.91 Å². The van der Waals surface area contributed by atoms with Gasteiger partial charge in [-0.1, -0.05) is 32.1 Å². The fourth-order valence-corrected chi connectivity index (χ4v) is 3.85. The standard InChI is InChI=1S/C19H30N4O/c24-19(10-9-16-7-3-1-4-8-16)21-15-17-20-12-11-18(22-17)23-13-5-2-6-14-23/h11-12,16H,1-10,13-15H2,(H,21,24). The third kappa shape index (κ3) is 5.18. The van der Waals surface area contributed by atoms with Crippen LogP contribution in [-0.2, 0) is 11.3 Å². The highest BCUT2D eigenvalue weighted by atomic mass is 16.1. The molecule has 0 unspecified atom stereocenters. The fraction of sp³-hybridized carbons (Fsp3) is 0.737. The van der Waals surface area contributed by atoms with Crippen molar-refractivity contribution in [2.75, 3.05) is 18.0 Å². The Morgan fingerprint density at radius 1 is 1.12 bits per heavy atom. The summed E-state index contributed by atoms with van der Waals surface area (Å²) >= 11 is 0. The second-order valence-corrected chi connectivity index (χ2v) is 7.20. The molecule has 0 atom stereocenters. The van der Waals surface area contributed by atoms with Gasteiger partial charge in [0, 0.05) is 25.7 Å². The van der Waals surface area contributed by atoms with E-state index in [1.807, 2.05) is 6.07 Å². The molecular formula is C19H30N4O. The van der Waals surface area contributed by atoms with E-state index in [0.717, 1.165) is 31.2 Å². The van der Waals surface area contributed by atoms with E-state index in [1.165, 1.54) is 51.4 Å². The SMILES string of the molecule is O=C(CCC1CCCCC1)NCc1nccc(N2CCCCC2)n1. The summed E-state index contributed by atoms with van der Waals surface area (Å²) in [7, 11) is 0. The molecule has 1 aliphatic heterocycles. The number of nitrogens with one attached hydrogen (secondary N) is 1. The first-order chi connectivity index (χ1) is 11.8. The highest BCUT2D eigenvalue weighted by Crippen LogP contribution is 2.27. The number of rotatable bonds is 6. The van der Waals surface area contributed by atoms with Crippen molar-refractivity contribution in [3.63, 3.8) is 0 Å². The zero-order chi connectivity index (χ0) is 16.6. The van der Waals surface area contributed by atoms with Gasteiger partial charge >= 0.3 is 0 Å². The Bertz CT molecular complexity index is 522. The van der Waals surface area contributed by atoms with Crippen LogP contribution >= 0.6 is 0 Å². The first-order valence-corrected chi connectivity index (χ1v) is 9.65. The Kier molecular flexibility index (Phi) is 6.44. The van der Waals surface area contributed by atoms with Gasteiger partial charge in [-0.2, -0.15) is 0 Å². The summed E-state index contributed by atoms with van der Waals surface area (Å²) in [6.07, 6.45) is 13.9. The largest absolute Gasteiger partial charge is 0.357 e. The summed E-state index contributed by atoms with van der Waals surface area (Å²) in [4.78, 5) is 23.3. The normalized spacial score (nSPS) is 19.2. The van der Waals surface area contributed by atoms with Gasteiger partial charge in [0.05, 0.1) is 6.54 Å². The maximum Gasteiger partial charge on any atom is 0.220 e. The lowest BCUT2D eigenvalue weighted by molar-refractivity contribution is -0.121. The average Bonchev–Trinajstić information content (AvgIpc) is 2.66. The Labute approximate surface area is 145 Å². The highest BCUT2D eigenvalue weighted by molar-refractivity contribution is 5.75. The van der Waals surface area contributed by atoms with E-state index < -0.39 is 0 Å². The molecule has 0 bridgehead atoms. The molecule has 5 heteroatoms. The van der Waals surface area contributed by atoms with E-state index in [2.05, 4.69) is 20.2 Å². The molecule has 2 heterocycles. The van der Waals surface area contributed by atoms with Crippen molar-refractivity contribution in [3.8, 4) is 0 Å². The van der Waals surface area contributed by atoms with E-state index >= 15 is 0 Å². The minimum atomic E-state index is 0.132. The number of piperidine rings is 1. The van der Waals surface area contributed by atoms with Crippen LogP contribution < -0.4 is 10.2 Å². The minimum Gasteiger partial charge on any atom is -0.357 e. The number of carbonyl (C=O) groups excluding carboxylic acids is 1. The lowest BCUT2D eigenvalue weighted by atomic mass is 9.86. The second kappa shape index (κ2) is 9.00. The number of hydrogen-bond donors (Lipinski definition) is 1. The van der Waals surface area contributed by atoms with Crippen LogP contribution in [0, 0.1) is 5.92 Å². The highest BCUT2D eigenvalue weighted by Gasteiger charge is 2.15. The van der Waals surface area contributed by atoms with Crippen LogP contribution in [0.2, 0.25) is 0 Å². The minimum absolute atomic E-state index is 0.132. The van der Waals surface area contributed by atoms with Crippen LogP contribution in [-0.4, -0.2) is 29.0 Å². The number of hydrogen-bond acceptors (Lipinski definition) is 4. The van der Waals surface area contributed by atoms with Crippen LogP contribution in [0.3, 0.4) is 0 Å². The molecule has 1 N–H and O–H groups in total. The maximum absolute atomic E-state index is 12.1. The van der Waals surface area contributed by atoms with Crippen molar-refractivity contribution in [1.82, 2.24) is 15.3 Å². The van der Waals surface area contributed by atoms with Crippen LogP contribution in [0.5, 0.6) is 0 Å². The molecule has 1 aliphatic carbocycles. The van der Waals surface area contributed by atoms with Crippen LogP contribution in [0.25, 0.3) is 0 Å². The molecule has 0 aromatic carbocycles. The zero-order valence-corrected chi connectivity index (χ0v) is 14.7.